The quantitative estimate of drug-likeness (QED) is 0.413. The fourth-order valence-electron chi connectivity index (χ4n) is 3.50. The Labute approximate surface area is 178 Å². The summed E-state index contributed by atoms with van der Waals surface area (Å²) in [6.07, 6.45) is 0.626. The third-order valence-electron chi connectivity index (χ3n) is 4.98. The third-order valence-corrected chi connectivity index (χ3v) is 5.23. The molecule has 0 aromatic heterocycles. The highest BCUT2D eigenvalue weighted by Crippen LogP contribution is 2.25. The van der Waals surface area contributed by atoms with E-state index in [0.717, 1.165) is 17.7 Å². The normalized spacial score (nSPS) is 12.0. The zero-order valence-corrected chi connectivity index (χ0v) is 17.5. The highest BCUT2D eigenvalue weighted by Gasteiger charge is 2.24. The van der Waals surface area contributed by atoms with E-state index >= 15 is 0 Å². The smallest absolute Gasteiger partial charge is 0.167 e. The maximum absolute atomic E-state index is 13.4. The number of carbonyl (C=O) groups is 1. The average Bonchev–Trinajstić information content (AvgIpc) is 2.74. The molecule has 0 amide bonds. The van der Waals surface area contributed by atoms with Gasteiger partial charge in [0, 0.05) is 23.7 Å². The van der Waals surface area contributed by atoms with Crippen LogP contribution >= 0.6 is 11.6 Å². The van der Waals surface area contributed by atoms with Crippen molar-refractivity contribution >= 4 is 17.4 Å². The minimum Gasteiger partial charge on any atom is -0.298 e. The number of ketones is 1. The Morgan fingerprint density at radius 3 is 2.10 bits per heavy atom. The molecule has 0 radical (unpaired) electrons. The van der Waals surface area contributed by atoms with Gasteiger partial charge in [-0.2, -0.15) is 0 Å². The topological polar surface area (TPSA) is 20.3 Å². The predicted octanol–water partition coefficient (Wildman–Crippen LogP) is 5.92. The van der Waals surface area contributed by atoms with Crippen molar-refractivity contribution < 1.29 is 4.79 Å². The zero-order valence-electron chi connectivity index (χ0n) is 16.7. The summed E-state index contributed by atoms with van der Waals surface area (Å²) in [7, 11) is 2.02. The van der Waals surface area contributed by atoms with Crippen molar-refractivity contribution in [2.24, 2.45) is 0 Å². The maximum Gasteiger partial charge on any atom is 0.167 e. The molecule has 3 aromatic carbocycles. The van der Waals surface area contributed by atoms with Gasteiger partial charge in [0.2, 0.25) is 0 Å². The average molecular weight is 404 g/mol. The number of likely N-dealkylation sites (N-methyl/N-ethyl adjacent to an activating group) is 1. The van der Waals surface area contributed by atoms with Gasteiger partial charge < -0.3 is 0 Å². The first-order valence-corrected chi connectivity index (χ1v) is 10.1. The summed E-state index contributed by atoms with van der Waals surface area (Å²) >= 11 is 6.02. The molecule has 1 atom stereocenters. The van der Waals surface area contributed by atoms with Gasteiger partial charge in [0.15, 0.2) is 5.78 Å². The van der Waals surface area contributed by atoms with Crippen LogP contribution in [0.2, 0.25) is 5.02 Å². The number of halogens is 1. The number of hydrogen-bond donors (Lipinski definition) is 0. The second kappa shape index (κ2) is 10.2. The molecule has 0 bridgehead atoms. The van der Waals surface area contributed by atoms with Gasteiger partial charge in [-0.05, 0) is 42.3 Å². The van der Waals surface area contributed by atoms with E-state index in [4.69, 9.17) is 11.6 Å². The van der Waals surface area contributed by atoms with E-state index in [2.05, 4.69) is 23.6 Å². The van der Waals surface area contributed by atoms with Crippen LogP contribution in [0.1, 0.15) is 22.6 Å². The molecule has 3 rings (SSSR count). The summed E-state index contributed by atoms with van der Waals surface area (Å²) in [6, 6.07) is 27.9. The van der Waals surface area contributed by atoms with Gasteiger partial charge in [-0.1, -0.05) is 91.0 Å². The summed E-state index contributed by atoms with van der Waals surface area (Å²) in [4.78, 5) is 15.5. The lowest BCUT2D eigenvalue weighted by Gasteiger charge is -2.22. The van der Waals surface area contributed by atoms with E-state index in [1.807, 2.05) is 79.8 Å². The molecule has 0 saturated heterocycles. The Morgan fingerprint density at radius 1 is 0.897 bits per heavy atom. The minimum atomic E-state index is -0.255. The standard InChI is InChI=1S/C26H26ClNO/c1-20(18-28(2)19-22-9-5-3-6-10-22)26(29)25(23-11-7-4-8-12-23)17-21-13-15-24(27)16-14-21/h3-16,25H,1,17-19H2,2H3/t25-/m0/s1. The van der Waals surface area contributed by atoms with Crippen molar-refractivity contribution in [2.45, 2.75) is 18.9 Å². The molecule has 0 aliphatic heterocycles. The maximum atomic E-state index is 13.4. The molecule has 0 aliphatic rings. The van der Waals surface area contributed by atoms with Crippen molar-refractivity contribution in [3.05, 3.63) is 119 Å². The molecule has 3 aromatic rings. The van der Waals surface area contributed by atoms with E-state index in [-0.39, 0.29) is 11.7 Å². The summed E-state index contributed by atoms with van der Waals surface area (Å²) in [5.74, 6) is -0.166. The van der Waals surface area contributed by atoms with Crippen LogP contribution in [-0.4, -0.2) is 24.3 Å². The Balaban J connectivity index is 1.73. The van der Waals surface area contributed by atoms with E-state index < -0.39 is 0 Å². The molecule has 0 N–H and O–H groups in total. The Bertz CT molecular complexity index is 935. The monoisotopic (exact) mass is 403 g/mol. The molecule has 3 heteroatoms. The minimum absolute atomic E-state index is 0.0889. The van der Waals surface area contributed by atoms with Crippen molar-refractivity contribution in [1.29, 1.82) is 0 Å². The van der Waals surface area contributed by atoms with Crippen molar-refractivity contribution in [3.63, 3.8) is 0 Å². The first kappa shape index (κ1) is 21.0. The van der Waals surface area contributed by atoms with Crippen LogP contribution in [0.3, 0.4) is 0 Å². The predicted molar refractivity (Wildman–Crippen MR) is 121 cm³/mol. The second-order valence-corrected chi connectivity index (χ2v) is 7.86. The first-order chi connectivity index (χ1) is 14.0. The highest BCUT2D eigenvalue weighted by atomic mass is 35.5. The molecule has 0 aliphatic carbocycles. The lowest BCUT2D eigenvalue weighted by molar-refractivity contribution is -0.117. The van der Waals surface area contributed by atoms with Gasteiger partial charge in [-0.25, -0.2) is 0 Å². The first-order valence-electron chi connectivity index (χ1n) is 9.77. The molecule has 29 heavy (non-hydrogen) atoms. The number of rotatable bonds is 9. The van der Waals surface area contributed by atoms with Crippen LogP contribution in [0.15, 0.2) is 97.1 Å². The number of Topliss-reactive ketones (excluding diaryl/α,β-unsaturated/α-hetero) is 1. The van der Waals surface area contributed by atoms with Crippen LogP contribution in [0.4, 0.5) is 0 Å². The fraction of sp³-hybridized carbons (Fsp3) is 0.192. The van der Waals surface area contributed by atoms with Crippen LogP contribution in [-0.2, 0) is 17.8 Å². The Hall–Kier alpha value is -2.68. The molecule has 2 nitrogen and oxygen atoms in total. The van der Waals surface area contributed by atoms with Crippen LogP contribution in [0.5, 0.6) is 0 Å². The summed E-state index contributed by atoms with van der Waals surface area (Å²) in [5.41, 5.74) is 3.95. The van der Waals surface area contributed by atoms with Crippen LogP contribution < -0.4 is 0 Å². The molecular weight excluding hydrogens is 378 g/mol. The van der Waals surface area contributed by atoms with Crippen LogP contribution in [0.25, 0.3) is 0 Å². The third kappa shape index (κ3) is 6.15. The van der Waals surface area contributed by atoms with E-state index in [1.54, 1.807) is 0 Å². The molecular formula is C26H26ClNO. The zero-order chi connectivity index (χ0) is 20.6. The molecule has 0 heterocycles. The van der Waals surface area contributed by atoms with Gasteiger partial charge in [-0.3, -0.25) is 9.69 Å². The van der Waals surface area contributed by atoms with Gasteiger partial charge in [0.05, 0.1) is 5.92 Å². The summed E-state index contributed by atoms with van der Waals surface area (Å²) < 4.78 is 0. The largest absolute Gasteiger partial charge is 0.298 e. The fourth-order valence-corrected chi connectivity index (χ4v) is 3.63. The van der Waals surface area contributed by atoms with Crippen molar-refractivity contribution in [3.8, 4) is 0 Å². The van der Waals surface area contributed by atoms with Gasteiger partial charge in [0.1, 0.15) is 0 Å². The lowest BCUT2D eigenvalue weighted by atomic mass is 9.85. The van der Waals surface area contributed by atoms with Crippen LogP contribution in [0, 0.1) is 0 Å². The van der Waals surface area contributed by atoms with Gasteiger partial charge in [-0.15, -0.1) is 0 Å². The molecule has 148 valence electrons. The number of benzene rings is 3. The van der Waals surface area contributed by atoms with Gasteiger partial charge in [0.25, 0.3) is 0 Å². The molecule has 0 saturated carbocycles. The molecule has 0 fully saturated rings. The van der Waals surface area contributed by atoms with E-state index in [0.29, 0.717) is 23.6 Å². The SMILES string of the molecule is C=C(CN(C)Cc1ccccc1)C(=O)[C@@H](Cc1ccc(Cl)cc1)c1ccccc1. The summed E-state index contributed by atoms with van der Waals surface area (Å²) in [6.45, 7) is 5.44. The lowest BCUT2D eigenvalue weighted by Crippen LogP contribution is -2.26. The second-order valence-electron chi connectivity index (χ2n) is 7.42. The Kier molecular flexibility index (Phi) is 7.40. The van der Waals surface area contributed by atoms with Gasteiger partial charge >= 0.3 is 0 Å². The van der Waals surface area contributed by atoms with Crippen molar-refractivity contribution in [2.75, 3.05) is 13.6 Å². The van der Waals surface area contributed by atoms with Crippen molar-refractivity contribution in [1.82, 2.24) is 4.90 Å². The molecule has 0 spiro atoms. The number of carbonyl (C=O) groups excluding carboxylic acids is 1. The molecule has 0 unspecified atom stereocenters. The number of nitrogens with zero attached hydrogens (tertiary/aromatic N) is 1. The summed E-state index contributed by atoms with van der Waals surface area (Å²) in [5, 5.41) is 0.697. The highest BCUT2D eigenvalue weighted by molar-refractivity contribution is 6.30. The number of hydrogen-bond acceptors (Lipinski definition) is 2. The Morgan fingerprint density at radius 2 is 1.48 bits per heavy atom. The van der Waals surface area contributed by atoms with E-state index in [1.165, 1.54) is 5.56 Å². The van der Waals surface area contributed by atoms with E-state index in [9.17, 15) is 4.79 Å².